The molecule has 0 N–H and O–H groups in total. The lowest BCUT2D eigenvalue weighted by Gasteiger charge is -2.35. The SMILES string of the molecule is CCCCN1CCC2c3ccccc3CC2C1. The lowest BCUT2D eigenvalue weighted by molar-refractivity contribution is 0.160. The second kappa shape index (κ2) is 4.81. The molecular weight excluding hydrogens is 206 g/mol. The lowest BCUT2D eigenvalue weighted by Crippen LogP contribution is -2.38. The van der Waals surface area contributed by atoms with E-state index >= 15 is 0 Å². The number of fused-ring (bicyclic) bond motifs is 3. The van der Waals surface area contributed by atoms with E-state index in [2.05, 4.69) is 36.1 Å². The molecule has 3 rings (SSSR count). The Labute approximate surface area is 105 Å². The van der Waals surface area contributed by atoms with Crippen molar-refractivity contribution in [3.05, 3.63) is 35.4 Å². The summed E-state index contributed by atoms with van der Waals surface area (Å²) in [5.74, 6) is 1.77. The van der Waals surface area contributed by atoms with Crippen molar-refractivity contribution in [1.29, 1.82) is 0 Å². The summed E-state index contributed by atoms with van der Waals surface area (Å²) in [5.41, 5.74) is 3.28. The number of benzene rings is 1. The lowest BCUT2D eigenvalue weighted by atomic mass is 9.86. The molecule has 1 aliphatic carbocycles. The normalized spacial score (nSPS) is 27.8. The van der Waals surface area contributed by atoms with Gasteiger partial charge in [-0.2, -0.15) is 0 Å². The van der Waals surface area contributed by atoms with E-state index < -0.39 is 0 Å². The van der Waals surface area contributed by atoms with Crippen LogP contribution in [-0.2, 0) is 6.42 Å². The van der Waals surface area contributed by atoms with Gasteiger partial charge in [0.05, 0.1) is 0 Å². The number of likely N-dealkylation sites (tertiary alicyclic amines) is 1. The molecule has 2 unspecified atom stereocenters. The van der Waals surface area contributed by atoms with Crippen molar-refractivity contribution in [3.63, 3.8) is 0 Å². The molecule has 17 heavy (non-hydrogen) atoms. The molecule has 1 heteroatoms. The Morgan fingerprint density at radius 1 is 1.29 bits per heavy atom. The number of rotatable bonds is 3. The van der Waals surface area contributed by atoms with E-state index in [0.717, 1.165) is 11.8 Å². The standard InChI is InChI=1S/C16H23N/c1-2-3-9-17-10-8-16-14(12-17)11-13-6-4-5-7-15(13)16/h4-7,14,16H,2-3,8-12H2,1H3. The largest absolute Gasteiger partial charge is 0.303 e. The summed E-state index contributed by atoms with van der Waals surface area (Å²) in [5, 5.41) is 0. The summed E-state index contributed by atoms with van der Waals surface area (Å²) in [6, 6.07) is 9.11. The maximum absolute atomic E-state index is 2.69. The Hall–Kier alpha value is -0.820. The van der Waals surface area contributed by atoms with Crippen LogP contribution in [0, 0.1) is 5.92 Å². The van der Waals surface area contributed by atoms with Gasteiger partial charge in [-0.25, -0.2) is 0 Å². The molecule has 0 bridgehead atoms. The molecule has 0 saturated carbocycles. The van der Waals surface area contributed by atoms with Gasteiger partial charge in [0.2, 0.25) is 0 Å². The molecule has 1 aromatic carbocycles. The van der Waals surface area contributed by atoms with Crippen LogP contribution < -0.4 is 0 Å². The molecule has 92 valence electrons. The monoisotopic (exact) mass is 229 g/mol. The van der Waals surface area contributed by atoms with Crippen molar-refractivity contribution in [2.75, 3.05) is 19.6 Å². The smallest absolute Gasteiger partial charge is 0.00187 e. The first kappa shape index (κ1) is 11.3. The molecule has 1 heterocycles. The average Bonchev–Trinajstić information content (AvgIpc) is 2.74. The fourth-order valence-corrected chi connectivity index (χ4v) is 3.67. The highest BCUT2D eigenvalue weighted by molar-refractivity contribution is 5.36. The van der Waals surface area contributed by atoms with Crippen LogP contribution in [-0.4, -0.2) is 24.5 Å². The molecule has 2 atom stereocenters. The molecular formula is C16H23N. The first-order valence-electron chi connectivity index (χ1n) is 7.18. The Bertz CT molecular complexity index is 385. The summed E-state index contributed by atoms with van der Waals surface area (Å²) >= 11 is 0. The van der Waals surface area contributed by atoms with Gasteiger partial charge >= 0.3 is 0 Å². The van der Waals surface area contributed by atoms with Crippen molar-refractivity contribution in [1.82, 2.24) is 4.90 Å². The van der Waals surface area contributed by atoms with E-state index in [1.807, 2.05) is 0 Å². The van der Waals surface area contributed by atoms with Crippen LogP contribution in [0.1, 0.15) is 43.2 Å². The third kappa shape index (κ3) is 2.13. The zero-order valence-electron chi connectivity index (χ0n) is 10.9. The van der Waals surface area contributed by atoms with Crippen LogP contribution in [0.15, 0.2) is 24.3 Å². The number of unbranched alkanes of at least 4 members (excludes halogenated alkanes) is 1. The summed E-state index contributed by atoms with van der Waals surface area (Å²) in [6.45, 7) is 6.25. The quantitative estimate of drug-likeness (QED) is 0.767. The number of hydrogen-bond donors (Lipinski definition) is 0. The first-order valence-corrected chi connectivity index (χ1v) is 7.18. The predicted octanol–water partition coefficient (Wildman–Crippen LogP) is 3.45. The zero-order chi connectivity index (χ0) is 11.7. The van der Waals surface area contributed by atoms with Gasteiger partial charge in [-0.15, -0.1) is 0 Å². The molecule has 0 spiro atoms. The second-order valence-corrected chi connectivity index (χ2v) is 5.71. The van der Waals surface area contributed by atoms with Crippen LogP contribution in [0.3, 0.4) is 0 Å². The third-order valence-electron chi connectivity index (χ3n) is 4.58. The van der Waals surface area contributed by atoms with E-state index in [4.69, 9.17) is 0 Å². The van der Waals surface area contributed by atoms with Gasteiger partial charge in [0.15, 0.2) is 0 Å². The Balaban J connectivity index is 1.69. The fourth-order valence-electron chi connectivity index (χ4n) is 3.67. The zero-order valence-corrected chi connectivity index (χ0v) is 10.9. The van der Waals surface area contributed by atoms with Crippen LogP contribution in [0.5, 0.6) is 0 Å². The molecule has 1 aromatic rings. The van der Waals surface area contributed by atoms with Gasteiger partial charge in [-0.3, -0.25) is 0 Å². The summed E-state index contributed by atoms with van der Waals surface area (Å²) < 4.78 is 0. The van der Waals surface area contributed by atoms with Gasteiger partial charge in [0.1, 0.15) is 0 Å². The molecule has 2 aliphatic rings. The molecule has 1 aliphatic heterocycles. The van der Waals surface area contributed by atoms with Gasteiger partial charge in [-0.05, 0) is 55.3 Å². The highest BCUT2D eigenvalue weighted by atomic mass is 15.1. The minimum atomic E-state index is 0.865. The molecule has 0 amide bonds. The maximum atomic E-state index is 2.69. The highest BCUT2D eigenvalue weighted by Crippen LogP contribution is 2.42. The molecule has 1 fully saturated rings. The predicted molar refractivity (Wildman–Crippen MR) is 72.3 cm³/mol. The Kier molecular flexibility index (Phi) is 3.19. The van der Waals surface area contributed by atoms with E-state index in [0.29, 0.717) is 0 Å². The second-order valence-electron chi connectivity index (χ2n) is 5.71. The van der Waals surface area contributed by atoms with Crippen molar-refractivity contribution >= 4 is 0 Å². The Morgan fingerprint density at radius 3 is 3.06 bits per heavy atom. The number of piperidine rings is 1. The van der Waals surface area contributed by atoms with E-state index in [1.165, 1.54) is 45.3 Å². The number of hydrogen-bond acceptors (Lipinski definition) is 1. The van der Waals surface area contributed by atoms with Crippen LogP contribution >= 0.6 is 0 Å². The molecule has 1 saturated heterocycles. The third-order valence-corrected chi connectivity index (χ3v) is 4.58. The topological polar surface area (TPSA) is 3.24 Å². The van der Waals surface area contributed by atoms with Gasteiger partial charge in [0, 0.05) is 6.54 Å². The summed E-state index contributed by atoms with van der Waals surface area (Å²) in [4.78, 5) is 2.69. The van der Waals surface area contributed by atoms with Crippen molar-refractivity contribution < 1.29 is 0 Å². The summed E-state index contributed by atoms with van der Waals surface area (Å²) in [6.07, 6.45) is 5.39. The number of nitrogens with zero attached hydrogens (tertiary/aromatic N) is 1. The van der Waals surface area contributed by atoms with Crippen LogP contribution in [0.4, 0.5) is 0 Å². The average molecular weight is 229 g/mol. The summed E-state index contributed by atoms with van der Waals surface area (Å²) in [7, 11) is 0. The van der Waals surface area contributed by atoms with Crippen molar-refractivity contribution in [2.24, 2.45) is 5.92 Å². The van der Waals surface area contributed by atoms with Gasteiger partial charge in [0.25, 0.3) is 0 Å². The van der Waals surface area contributed by atoms with Crippen molar-refractivity contribution in [3.8, 4) is 0 Å². The molecule has 1 nitrogen and oxygen atoms in total. The molecule has 0 radical (unpaired) electrons. The van der Waals surface area contributed by atoms with E-state index in [-0.39, 0.29) is 0 Å². The minimum Gasteiger partial charge on any atom is -0.303 e. The van der Waals surface area contributed by atoms with E-state index in [9.17, 15) is 0 Å². The molecule has 0 aromatic heterocycles. The van der Waals surface area contributed by atoms with Crippen LogP contribution in [0.25, 0.3) is 0 Å². The van der Waals surface area contributed by atoms with Gasteiger partial charge in [-0.1, -0.05) is 37.6 Å². The fraction of sp³-hybridized carbons (Fsp3) is 0.625. The maximum Gasteiger partial charge on any atom is 0.00187 e. The van der Waals surface area contributed by atoms with E-state index in [1.54, 1.807) is 11.1 Å². The minimum absolute atomic E-state index is 0.865. The van der Waals surface area contributed by atoms with Crippen LogP contribution in [0.2, 0.25) is 0 Å². The Morgan fingerprint density at radius 2 is 2.18 bits per heavy atom. The van der Waals surface area contributed by atoms with Crippen molar-refractivity contribution in [2.45, 2.75) is 38.5 Å². The first-order chi connectivity index (χ1) is 8.38. The van der Waals surface area contributed by atoms with Gasteiger partial charge < -0.3 is 4.90 Å². The highest BCUT2D eigenvalue weighted by Gasteiger charge is 2.36.